The maximum Gasteiger partial charge on any atom is 0.169 e. The first-order valence-electron chi connectivity index (χ1n) is 6.44. The van der Waals surface area contributed by atoms with Crippen molar-refractivity contribution in [1.82, 2.24) is 4.98 Å². The molecule has 0 bridgehead atoms. The number of anilines is 1. The van der Waals surface area contributed by atoms with E-state index in [1.807, 2.05) is 48.5 Å². The summed E-state index contributed by atoms with van der Waals surface area (Å²) >= 11 is 0. The number of hydrogen-bond acceptors (Lipinski definition) is 3. The molecule has 3 heteroatoms. The number of nitrogens with two attached hydrogens (primary N) is 1. The minimum atomic E-state index is 0.0686. The van der Waals surface area contributed by atoms with E-state index < -0.39 is 0 Å². The summed E-state index contributed by atoms with van der Waals surface area (Å²) in [6.45, 7) is 0. The van der Waals surface area contributed by atoms with E-state index in [4.69, 9.17) is 5.73 Å². The maximum atomic E-state index is 12.4. The van der Waals surface area contributed by atoms with Gasteiger partial charge < -0.3 is 5.73 Å². The number of Topliss-reactive ketones (excluding diaryl/α,β-unsaturated/α-hetero) is 1. The summed E-state index contributed by atoms with van der Waals surface area (Å²) in [7, 11) is 0. The summed E-state index contributed by atoms with van der Waals surface area (Å²) in [6.07, 6.45) is 3.77. The Hall–Kier alpha value is -2.68. The van der Waals surface area contributed by atoms with Crippen LogP contribution in [0.15, 0.2) is 60.9 Å². The Morgan fingerprint density at radius 2 is 1.75 bits per heavy atom. The van der Waals surface area contributed by atoms with Crippen molar-refractivity contribution >= 4 is 22.2 Å². The molecule has 98 valence electrons. The van der Waals surface area contributed by atoms with Gasteiger partial charge >= 0.3 is 0 Å². The lowest BCUT2D eigenvalue weighted by Crippen LogP contribution is -2.05. The van der Waals surface area contributed by atoms with E-state index in [1.165, 1.54) is 0 Å². The molecule has 1 aromatic heterocycles. The van der Waals surface area contributed by atoms with Crippen molar-refractivity contribution in [2.75, 3.05) is 5.73 Å². The van der Waals surface area contributed by atoms with Crippen molar-refractivity contribution < 1.29 is 4.79 Å². The summed E-state index contributed by atoms with van der Waals surface area (Å²) in [5.74, 6) is 0.0686. The monoisotopic (exact) mass is 262 g/mol. The molecule has 0 unspecified atom stereocenters. The second-order valence-corrected chi connectivity index (χ2v) is 4.75. The van der Waals surface area contributed by atoms with Crippen LogP contribution in [0.1, 0.15) is 15.9 Å². The number of fused-ring (bicyclic) bond motifs is 1. The minimum Gasteiger partial charge on any atom is -0.399 e. The highest BCUT2D eigenvalue weighted by Crippen LogP contribution is 2.19. The van der Waals surface area contributed by atoms with E-state index in [2.05, 4.69) is 4.98 Å². The van der Waals surface area contributed by atoms with Gasteiger partial charge in [-0.15, -0.1) is 0 Å². The summed E-state index contributed by atoms with van der Waals surface area (Å²) < 4.78 is 0. The molecule has 0 aliphatic carbocycles. The Balaban J connectivity index is 1.94. The molecule has 3 rings (SSSR count). The average Bonchev–Trinajstić information content (AvgIpc) is 2.49. The number of nitrogen functional groups attached to an aromatic ring is 1. The average molecular weight is 262 g/mol. The van der Waals surface area contributed by atoms with Gasteiger partial charge in [0, 0.05) is 35.5 Å². The molecule has 0 saturated carbocycles. The molecule has 0 spiro atoms. The predicted molar refractivity (Wildman–Crippen MR) is 80.6 cm³/mol. The van der Waals surface area contributed by atoms with E-state index in [1.54, 1.807) is 12.4 Å². The van der Waals surface area contributed by atoms with Gasteiger partial charge in [-0.2, -0.15) is 0 Å². The Labute approximate surface area is 117 Å². The number of carbonyl (C=O) groups is 1. The van der Waals surface area contributed by atoms with E-state index in [0.717, 1.165) is 16.3 Å². The largest absolute Gasteiger partial charge is 0.399 e. The zero-order valence-corrected chi connectivity index (χ0v) is 10.9. The van der Waals surface area contributed by atoms with Crippen LogP contribution in [0.25, 0.3) is 10.8 Å². The van der Waals surface area contributed by atoms with Gasteiger partial charge in [-0.05, 0) is 23.1 Å². The van der Waals surface area contributed by atoms with E-state index >= 15 is 0 Å². The third-order valence-corrected chi connectivity index (χ3v) is 3.31. The van der Waals surface area contributed by atoms with Gasteiger partial charge in [0.1, 0.15) is 0 Å². The number of rotatable bonds is 3. The molecule has 3 nitrogen and oxygen atoms in total. The molecule has 1 heterocycles. The van der Waals surface area contributed by atoms with Gasteiger partial charge in [0.05, 0.1) is 0 Å². The number of ketones is 1. The lowest BCUT2D eigenvalue weighted by Gasteiger charge is -2.05. The van der Waals surface area contributed by atoms with Gasteiger partial charge in [-0.25, -0.2) is 0 Å². The highest BCUT2D eigenvalue weighted by Gasteiger charge is 2.11. The topological polar surface area (TPSA) is 56.0 Å². The molecule has 20 heavy (non-hydrogen) atoms. The maximum absolute atomic E-state index is 12.4. The zero-order chi connectivity index (χ0) is 13.9. The molecule has 2 aromatic carbocycles. The molecule has 0 atom stereocenters. The van der Waals surface area contributed by atoms with Crippen LogP contribution >= 0.6 is 0 Å². The van der Waals surface area contributed by atoms with Gasteiger partial charge in [-0.3, -0.25) is 9.78 Å². The first-order valence-corrected chi connectivity index (χ1v) is 6.44. The van der Waals surface area contributed by atoms with E-state index in [9.17, 15) is 4.79 Å². The second kappa shape index (κ2) is 5.13. The van der Waals surface area contributed by atoms with E-state index in [-0.39, 0.29) is 5.78 Å². The van der Waals surface area contributed by atoms with Gasteiger partial charge in [0.25, 0.3) is 0 Å². The Kier molecular flexibility index (Phi) is 3.17. The van der Waals surface area contributed by atoms with Crippen molar-refractivity contribution in [3.05, 3.63) is 72.1 Å². The predicted octanol–water partition coefficient (Wildman–Crippen LogP) is 3.24. The summed E-state index contributed by atoms with van der Waals surface area (Å²) in [5.41, 5.74) is 7.97. The van der Waals surface area contributed by atoms with Crippen molar-refractivity contribution in [3.8, 4) is 0 Å². The molecular formula is C17H14N2O. The molecule has 0 aliphatic rings. The fraction of sp³-hybridized carbons (Fsp3) is 0.0588. The summed E-state index contributed by atoms with van der Waals surface area (Å²) in [5, 5.41) is 1.93. The number of nitrogens with zero attached hydrogens (tertiary/aromatic N) is 1. The number of pyridine rings is 1. The van der Waals surface area contributed by atoms with Crippen LogP contribution in [0.2, 0.25) is 0 Å². The van der Waals surface area contributed by atoms with Crippen molar-refractivity contribution in [2.45, 2.75) is 6.42 Å². The normalized spacial score (nSPS) is 10.6. The summed E-state index contributed by atoms with van der Waals surface area (Å²) in [6, 6.07) is 15.2. The zero-order valence-electron chi connectivity index (χ0n) is 10.9. The first kappa shape index (κ1) is 12.4. The van der Waals surface area contributed by atoms with Crippen LogP contribution in [0.4, 0.5) is 5.69 Å². The van der Waals surface area contributed by atoms with Crippen LogP contribution in [0.3, 0.4) is 0 Å². The van der Waals surface area contributed by atoms with Gasteiger partial charge in [0.15, 0.2) is 5.78 Å². The molecular weight excluding hydrogens is 248 g/mol. The number of hydrogen-bond donors (Lipinski definition) is 1. The van der Waals surface area contributed by atoms with Crippen LogP contribution in [0.5, 0.6) is 0 Å². The quantitative estimate of drug-likeness (QED) is 0.582. The molecule has 0 fully saturated rings. The number of benzene rings is 2. The van der Waals surface area contributed by atoms with Crippen LogP contribution in [-0.4, -0.2) is 10.8 Å². The second-order valence-electron chi connectivity index (χ2n) is 4.75. The third-order valence-electron chi connectivity index (χ3n) is 3.31. The highest BCUT2D eigenvalue weighted by atomic mass is 16.1. The number of carbonyl (C=O) groups excluding carboxylic acids is 1. The molecule has 0 radical (unpaired) electrons. The van der Waals surface area contributed by atoms with Crippen molar-refractivity contribution in [1.29, 1.82) is 0 Å². The van der Waals surface area contributed by atoms with E-state index in [0.29, 0.717) is 17.7 Å². The van der Waals surface area contributed by atoms with Crippen LogP contribution in [0, 0.1) is 0 Å². The summed E-state index contributed by atoms with van der Waals surface area (Å²) in [4.78, 5) is 16.6. The first-order chi connectivity index (χ1) is 9.74. The van der Waals surface area contributed by atoms with Crippen LogP contribution in [-0.2, 0) is 6.42 Å². The SMILES string of the molecule is Nc1ccc(CC(=O)c2cncc3ccccc23)cc1. The van der Waals surface area contributed by atoms with Gasteiger partial charge in [-0.1, -0.05) is 36.4 Å². The Morgan fingerprint density at radius 1 is 1.00 bits per heavy atom. The number of aromatic nitrogens is 1. The van der Waals surface area contributed by atoms with Gasteiger partial charge in [0.2, 0.25) is 0 Å². The smallest absolute Gasteiger partial charge is 0.169 e. The minimum absolute atomic E-state index is 0.0686. The van der Waals surface area contributed by atoms with Crippen LogP contribution < -0.4 is 5.73 Å². The molecule has 0 saturated heterocycles. The van der Waals surface area contributed by atoms with Crippen molar-refractivity contribution in [3.63, 3.8) is 0 Å². The standard InChI is InChI=1S/C17H14N2O/c18-14-7-5-12(6-8-14)9-17(20)16-11-19-10-13-3-1-2-4-15(13)16/h1-8,10-11H,9,18H2. The Morgan fingerprint density at radius 3 is 2.55 bits per heavy atom. The fourth-order valence-corrected chi connectivity index (χ4v) is 2.25. The lowest BCUT2D eigenvalue weighted by molar-refractivity contribution is 0.0994. The van der Waals surface area contributed by atoms with Crippen molar-refractivity contribution in [2.24, 2.45) is 0 Å². The lowest BCUT2D eigenvalue weighted by atomic mass is 9.99. The third kappa shape index (κ3) is 2.38. The molecule has 0 amide bonds. The highest BCUT2D eigenvalue weighted by molar-refractivity contribution is 6.08. The Bertz CT molecular complexity index is 758. The molecule has 0 aliphatic heterocycles. The molecule has 3 aromatic rings. The fourth-order valence-electron chi connectivity index (χ4n) is 2.25. The molecule has 2 N–H and O–H groups in total.